The number of benzene rings is 2. The Morgan fingerprint density at radius 2 is 1.57 bits per heavy atom. The normalized spacial score (nSPS) is 11.6. The van der Waals surface area contributed by atoms with Crippen molar-refractivity contribution >= 4 is 0 Å². The lowest BCUT2D eigenvalue weighted by atomic mass is 10.1. The number of rotatable bonds is 7. The van der Waals surface area contributed by atoms with Gasteiger partial charge in [-0.1, -0.05) is 18.2 Å². The molecule has 0 aliphatic heterocycles. The van der Waals surface area contributed by atoms with E-state index in [2.05, 4.69) is 6.07 Å². The summed E-state index contributed by atoms with van der Waals surface area (Å²) in [4.78, 5) is 0. The van der Waals surface area contributed by atoms with Crippen LogP contribution in [0.15, 0.2) is 42.5 Å². The summed E-state index contributed by atoms with van der Waals surface area (Å²) in [6.45, 7) is 4.40. The van der Waals surface area contributed by atoms with Crippen molar-refractivity contribution in [1.82, 2.24) is 0 Å². The van der Waals surface area contributed by atoms with E-state index >= 15 is 0 Å². The van der Waals surface area contributed by atoms with Crippen LogP contribution < -0.4 is 9.47 Å². The zero-order chi connectivity index (χ0) is 16.7. The summed E-state index contributed by atoms with van der Waals surface area (Å²) in [5.74, 6) is 1.41. The average molecular weight is 311 g/mol. The van der Waals surface area contributed by atoms with Crippen molar-refractivity contribution in [3.8, 4) is 17.6 Å². The highest BCUT2D eigenvalue weighted by Gasteiger charge is 2.07. The number of nitrogens with zero attached hydrogens (tertiary/aromatic N) is 1. The summed E-state index contributed by atoms with van der Waals surface area (Å²) in [6.07, 6.45) is -0.331. The Kier molecular flexibility index (Phi) is 6.02. The quantitative estimate of drug-likeness (QED) is 0.853. The molecule has 0 aliphatic carbocycles. The summed E-state index contributed by atoms with van der Waals surface area (Å²) in [5, 5.41) is 18.6. The highest BCUT2D eigenvalue weighted by atomic mass is 16.5. The minimum atomic E-state index is -0.713. The Bertz CT molecular complexity index is 674. The monoisotopic (exact) mass is 311 g/mol. The SMILES string of the molecule is Cc1ccc(OCC(O)COc2ccc(CC#N)cc2)cc1C. The van der Waals surface area contributed by atoms with Crippen molar-refractivity contribution in [3.05, 3.63) is 59.2 Å². The maximum absolute atomic E-state index is 9.94. The molecular formula is C19H21NO3. The molecule has 2 aromatic carbocycles. The van der Waals surface area contributed by atoms with Crippen LogP contribution in [0.4, 0.5) is 0 Å². The molecular weight excluding hydrogens is 290 g/mol. The highest BCUT2D eigenvalue weighted by Crippen LogP contribution is 2.17. The van der Waals surface area contributed by atoms with E-state index in [-0.39, 0.29) is 13.2 Å². The van der Waals surface area contributed by atoms with Crippen LogP contribution in [0.2, 0.25) is 0 Å². The molecule has 0 bridgehead atoms. The van der Waals surface area contributed by atoms with Gasteiger partial charge in [0.05, 0.1) is 12.5 Å². The molecule has 2 rings (SSSR count). The van der Waals surface area contributed by atoms with Gasteiger partial charge in [-0.2, -0.15) is 5.26 Å². The second-order valence-corrected chi connectivity index (χ2v) is 5.50. The molecule has 0 aromatic heterocycles. The van der Waals surface area contributed by atoms with Crippen LogP contribution in [0.3, 0.4) is 0 Å². The topological polar surface area (TPSA) is 62.5 Å². The van der Waals surface area contributed by atoms with Crippen LogP contribution >= 0.6 is 0 Å². The summed E-state index contributed by atoms with van der Waals surface area (Å²) in [7, 11) is 0. The van der Waals surface area contributed by atoms with Gasteiger partial charge in [-0.15, -0.1) is 0 Å². The summed E-state index contributed by atoms with van der Waals surface area (Å²) >= 11 is 0. The fourth-order valence-electron chi connectivity index (χ4n) is 2.03. The molecule has 23 heavy (non-hydrogen) atoms. The smallest absolute Gasteiger partial charge is 0.122 e. The second-order valence-electron chi connectivity index (χ2n) is 5.50. The predicted molar refractivity (Wildman–Crippen MR) is 88.7 cm³/mol. The second kappa shape index (κ2) is 8.21. The first-order valence-electron chi connectivity index (χ1n) is 7.55. The molecule has 0 saturated carbocycles. The van der Waals surface area contributed by atoms with Gasteiger partial charge in [-0.3, -0.25) is 0 Å². The van der Waals surface area contributed by atoms with E-state index in [0.717, 1.165) is 16.9 Å². The van der Waals surface area contributed by atoms with Crippen LogP contribution in [-0.2, 0) is 6.42 Å². The number of aryl methyl sites for hydroxylation is 2. The van der Waals surface area contributed by atoms with Crippen molar-refractivity contribution in [1.29, 1.82) is 5.26 Å². The number of nitriles is 1. The van der Waals surface area contributed by atoms with Crippen LogP contribution in [0, 0.1) is 25.2 Å². The van der Waals surface area contributed by atoms with Gasteiger partial charge in [0.2, 0.25) is 0 Å². The molecule has 0 aliphatic rings. The highest BCUT2D eigenvalue weighted by molar-refractivity contribution is 5.33. The van der Waals surface area contributed by atoms with Crippen molar-refractivity contribution < 1.29 is 14.6 Å². The van der Waals surface area contributed by atoms with Gasteiger partial charge in [-0.25, -0.2) is 0 Å². The van der Waals surface area contributed by atoms with E-state index in [1.54, 1.807) is 12.1 Å². The molecule has 1 atom stereocenters. The molecule has 0 fully saturated rings. The van der Waals surface area contributed by atoms with Crippen LogP contribution in [0.1, 0.15) is 16.7 Å². The lowest BCUT2D eigenvalue weighted by Crippen LogP contribution is -2.25. The van der Waals surface area contributed by atoms with Crippen molar-refractivity contribution in [2.45, 2.75) is 26.4 Å². The zero-order valence-corrected chi connectivity index (χ0v) is 13.5. The molecule has 0 amide bonds. The summed E-state index contributed by atoms with van der Waals surface area (Å²) in [5.41, 5.74) is 3.31. The minimum absolute atomic E-state index is 0.155. The molecule has 120 valence electrons. The van der Waals surface area contributed by atoms with E-state index in [4.69, 9.17) is 14.7 Å². The van der Waals surface area contributed by atoms with Crippen molar-refractivity contribution in [2.75, 3.05) is 13.2 Å². The molecule has 0 spiro atoms. The Balaban J connectivity index is 1.77. The van der Waals surface area contributed by atoms with Gasteiger partial charge in [0.25, 0.3) is 0 Å². The fraction of sp³-hybridized carbons (Fsp3) is 0.316. The number of hydrogen-bond acceptors (Lipinski definition) is 4. The summed E-state index contributed by atoms with van der Waals surface area (Å²) < 4.78 is 11.1. The Morgan fingerprint density at radius 3 is 2.17 bits per heavy atom. The molecule has 4 nitrogen and oxygen atoms in total. The standard InChI is InChI=1S/C19H21NO3/c1-14-3-6-19(11-15(14)2)23-13-17(21)12-22-18-7-4-16(5-8-18)9-10-20/h3-8,11,17,21H,9,12-13H2,1-2H3. The third-order valence-electron chi connectivity index (χ3n) is 3.57. The largest absolute Gasteiger partial charge is 0.491 e. The van der Waals surface area contributed by atoms with E-state index in [9.17, 15) is 5.11 Å². The molecule has 0 saturated heterocycles. The minimum Gasteiger partial charge on any atom is -0.491 e. The van der Waals surface area contributed by atoms with Gasteiger partial charge < -0.3 is 14.6 Å². The number of ether oxygens (including phenoxy) is 2. The van der Waals surface area contributed by atoms with Gasteiger partial charge in [0, 0.05) is 0 Å². The lowest BCUT2D eigenvalue weighted by molar-refractivity contribution is 0.0626. The Hall–Kier alpha value is -2.51. The van der Waals surface area contributed by atoms with Gasteiger partial charge in [-0.05, 0) is 54.8 Å². The number of aliphatic hydroxyl groups excluding tert-OH is 1. The lowest BCUT2D eigenvalue weighted by Gasteiger charge is -2.14. The van der Waals surface area contributed by atoms with Crippen LogP contribution in [0.25, 0.3) is 0 Å². The molecule has 4 heteroatoms. The third kappa shape index (κ3) is 5.32. The molecule has 1 N–H and O–H groups in total. The Morgan fingerprint density at radius 1 is 0.957 bits per heavy atom. The molecule has 2 aromatic rings. The number of hydrogen-bond donors (Lipinski definition) is 1. The number of aliphatic hydroxyl groups is 1. The van der Waals surface area contributed by atoms with E-state index < -0.39 is 6.10 Å². The molecule has 0 heterocycles. The van der Waals surface area contributed by atoms with Crippen LogP contribution in [0.5, 0.6) is 11.5 Å². The van der Waals surface area contributed by atoms with Gasteiger partial charge in [0.1, 0.15) is 30.8 Å². The fourth-order valence-corrected chi connectivity index (χ4v) is 2.03. The third-order valence-corrected chi connectivity index (χ3v) is 3.57. The maximum atomic E-state index is 9.94. The molecule has 1 unspecified atom stereocenters. The first-order chi connectivity index (χ1) is 11.1. The van der Waals surface area contributed by atoms with Crippen molar-refractivity contribution in [2.24, 2.45) is 0 Å². The van der Waals surface area contributed by atoms with E-state index in [1.807, 2.05) is 44.2 Å². The average Bonchev–Trinajstić information content (AvgIpc) is 2.55. The summed E-state index contributed by atoms with van der Waals surface area (Å²) in [6, 6.07) is 15.2. The predicted octanol–water partition coefficient (Wildman–Crippen LogP) is 3.19. The maximum Gasteiger partial charge on any atom is 0.122 e. The molecule has 0 radical (unpaired) electrons. The zero-order valence-electron chi connectivity index (χ0n) is 13.5. The first-order valence-corrected chi connectivity index (χ1v) is 7.55. The van der Waals surface area contributed by atoms with E-state index in [0.29, 0.717) is 12.2 Å². The first kappa shape index (κ1) is 16.9. The van der Waals surface area contributed by atoms with Crippen molar-refractivity contribution in [3.63, 3.8) is 0 Å². The van der Waals surface area contributed by atoms with E-state index in [1.165, 1.54) is 5.56 Å². The van der Waals surface area contributed by atoms with Gasteiger partial charge >= 0.3 is 0 Å². The van der Waals surface area contributed by atoms with Crippen LogP contribution in [-0.4, -0.2) is 24.4 Å². The van der Waals surface area contributed by atoms with Gasteiger partial charge in [0.15, 0.2) is 0 Å². The Labute approximate surface area is 136 Å².